The van der Waals surface area contributed by atoms with Gasteiger partial charge in [0, 0.05) is 31.7 Å². The summed E-state index contributed by atoms with van der Waals surface area (Å²) in [6.45, 7) is 1.44. The smallest absolute Gasteiger partial charge is 0.376 e. The monoisotopic (exact) mass is 247 g/mol. The van der Waals surface area contributed by atoms with Gasteiger partial charge in [0.2, 0.25) is 5.82 Å². The van der Waals surface area contributed by atoms with Gasteiger partial charge in [0.15, 0.2) is 0 Å². The largest absolute Gasteiger partial charge is 0.463 e. The van der Waals surface area contributed by atoms with Crippen LogP contribution in [0.1, 0.15) is 10.6 Å². The maximum atomic E-state index is 11.2. The van der Waals surface area contributed by atoms with Crippen LogP contribution in [0.25, 0.3) is 0 Å². The first-order chi connectivity index (χ1) is 8.79. The summed E-state index contributed by atoms with van der Waals surface area (Å²) in [4.78, 5) is 23.1. The van der Waals surface area contributed by atoms with Crippen molar-refractivity contribution in [1.82, 2.24) is 19.5 Å². The lowest BCUT2D eigenvalue weighted by Crippen LogP contribution is -2.13. The summed E-state index contributed by atoms with van der Waals surface area (Å²) in [5, 5.41) is 3.09. The predicted molar refractivity (Wildman–Crippen MR) is 64.1 cm³/mol. The van der Waals surface area contributed by atoms with E-state index in [-0.39, 0.29) is 5.82 Å². The van der Waals surface area contributed by atoms with Crippen molar-refractivity contribution < 1.29 is 9.53 Å². The molecule has 94 valence electrons. The molecule has 0 bridgehead atoms. The summed E-state index contributed by atoms with van der Waals surface area (Å²) >= 11 is 0. The molecule has 2 aromatic rings. The molecule has 7 nitrogen and oxygen atoms in total. The molecule has 0 saturated heterocycles. The van der Waals surface area contributed by atoms with Gasteiger partial charge >= 0.3 is 5.97 Å². The lowest BCUT2D eigenvalue weighted by Gasteiger charge is -2.06. The van der Waals surface area contributed by atoms with Gasteiger partial charge in [0.1, 0.15) is 5.82 Å². The first-order valence-electron chi connectivity index (χ1n) is 5.40. The van der Waals surface area contributed by atoms with Gasteiger partial charge in [-0.1, -0.05) is 0 Å². The zero-order valence-electron chi connectivity index (χ0n) is 9.91. The Morgan fingerprint density at radius 1 is 1.50 bits per heavy atom. The SMILES string of the molecule is COC(=O)c1nccc(NCCn2ccnc2)n1. The second kappa shape index (κ2) is 5.76. The molecule has 0 amide bonds. The summed E-state index contributed by atoms with van der Waals surface area (Å²) in [5.41, 5.74) is 0. The Morgan fingerprint density at radius 3 is 3.11 bits per heavy atom. The molecule has 0 aliphatic heterocycles. The average Bonchev–Trinajstić information content (AvgIpc) is 2.91. The van der Waals surface area contributed by atoms with Crippen molar-refractivity contribution in [3.8, 4) is 0 Å². The van der Waals surface area contributed by atoms with E-state index < -0.39 is 5.97 Å². The van der Waals surface area contributed by atoms with Crippen molar-refractivity contribution in [2.24, 2.45) is 0 Å². The molecule has 0 aromatic carbocycles. The number of carbonyl (C=O) groups is 1. The van der Waals surface area contributed by atoms with Gasteiger partial charge in [0.25, 0.3) is 0 Å². The molecule has 18 heavy (non-hydrogen) atoms. The van der Waals surface area contributed by atoms with E-state index in [9.17, 15) is 4.79 Å². The number of ether oxygens (including phenoxy) is 1. The average molecular weight is 247 g/mol. The van der Waals surface area contributed by atoms with Crippen molar-refractivity contribution in [3.63, 3.8) is 0 Å². The number of imidazole rings is 1. The second-order valence-corrected chi connectivity index (χ2v) is 3.48. The maximum absolute atomic E-state index is 11.2. The highest BCUT2D eigenvalue weighted by atomic mass is 16.5. The molecule has 0 aliphatic rings. The lowest BCUT2D eigenvalue weighted by atomic mass is 10.5. The van der Waals surface area contributed by atoms with Crippen LogP contribution in [-0.2, 0) is 11.3 Å². The molecule has 2 aromatic heterocycles. The number of hydrogen-bond acceptors (Lipinski definition) is 6. The van der Waals surface area contributed by atoms with Crippen LogP contribution in [0.3, 0.4) is 0 Å². The number of esters is 1. The van der Waals surface area contributed by atoms with Crippen molar-refractivity contribution in [2.45, 2.75) is 6.54 Å². The minimum atomic E-state index is -0.548. The number of nitrogens with zero attached hydrogens (tertiary/aromatic N) is 4. The van der Waals surface area contributed by atoms with Crippen LogP contribution in [0, 0.1) is 0 Å². The first kappa shape index (κ1) is 12.0. The number of carbonyl (C=O) groups excluding carboxylic acids is 1. The van der Waals surface area contributed by atoms with Crippen molar-refractivity contribution in [2.75, 3.05) is 19.0 Å². The van der Waals surface area contributed by atoms with Crippen molar-refractivity contribution >= 4 is 11.8 Å². The topological polar surface area (TPSA) is 81.9 Å². The highest BCUT2D eigenvalue weighted by molar-refractivity contribution is 5.85. The summed E-state index contributed by atoms with van der Waals surface area (Å²) in [7, 11) is 1.30. The van der Waals surface area contributed by atoms with Gasteiger partial charge in [-0.25, -0.2) is 19.7 Å². The lowest BCUT2D eigenvalue weighted by molar-refractivity contribution is 0.0587. The molecular weight excluding hydrogens is 234 g/mol. The van der Waals surface area contributed by atoms with Crippen LogP contribution in [0.4, 0.5) is 5.82 Å². The molecule has 0 saturated carbocycles. The second-order valence-electron chi connectivity index (χ2n) is 3.48. The molecule has 1 N–H and O–H groups in total. The highest BCUT2D eigenvalue weighted by Crippen LogP contribution is 2.02. The normalized spacial score (nSPS) is 10.1. The van der Waals surface area contributed by atoms with E-state index in [0.29, 0.717) is 12.4 Å². The Balaban J connectivity index is 1.91. The fourth-order valence-corrected chi connectivity index (χ4v) is 1.38. The minimum absolute atomic E-state index is 0.0464. The highest BCUT2D eigenvalue weighted by Gasteiger charge is 2.08. The third-order valence-electron chi connectivity index (χ3n) is 2.26. The zero-order chi connectivity index (χ0) is 12.8. The third kappa shape index (κ3) is 3.03. The zero-order valence-corrected chi connectivity index (χ0v) is 9.91. The van der Waals surface area contributed by atoms with Gasteiger partial charge in [-0.2, -0.15) is 0 Å². The Labute approximate surface area is 104 Å². The molecule has 2 heterocycles. The summed E-state index contributed by atoms with van der Waals surface area (Å²) in [6, 6.07) is 1.69. The molecule has 0 aliphatic carbocycles. The van der Waals surface area contributed by atoms with Gasteiger partial charge in [-0.05, 0) is 6.07 Å². The van der Waals surface area contributed by atoms with E-state index in [1.54, 1.807) is 18.6 Å². The molecule has 7 heteroatoms. The number of rotatable bonds is 5. The van der Waals surface area contributed by atoms with Crippen molar-refractivity contribution in [1.29, 1.82) is 0 Å². The molecule has 2 rings (SSSR count). The van der Waals surface area contributed by atoms with Crippen LogP contribution in [0.2, 0.25) is 0 Å². The van der Waals surface area contributed by atoms with Crippen molar-refractivity contribution in [3.05, 3.63) is 36.8 Å². The summed E-state index contributed by atoms with van der Waals surface area (Å²) < 4.78 is 6.49. The fraction of sp³-hybridized carbons (Fsp3) is 0.273. The number of nitrogens with one attached hydrogen (secondary N) is 1. The molecule has 0 atom stereocenters. The van der Waals surface area contributed by atoms with Gasteiger partial charge < -0.3 is 14.6 Å². The fourth-order valence-electron chi connectivity index (χ4n) is 1.38. The number of aromatic nitrogens is 4. The van der Waals surface area contributed by atoms with E-state index in [1.165, 1.54) is 13.3 Å². The maximum Gasteiger partial charge on any atom is 0.376 e. The van der Waals surface area contributed by atoms with Crippen LogP contribution in [0.15, 0.2) is 31.0 Å². The van der Waals surface area contributed by atoms with E-state index in [4.69, 9.17) is 0 Å². The van der Waals surface area contributed by atoms with Gasteiger partial charge in [-0.3, -0.25) is 0 Å². The van der Waals surface area contributed by atoms with Gasteiger partial charge in [0.05, 0.1) is 13.4 Å². The molecule has 0 fully saturated rings. The van der Waals surface area contributed by atoms with Crippen LogP contribution in [0.5, 0.6) is 0 Å². The first-order valence-corrected chi connectivity index (χ1v) is 5.40. The van der Waals surface area contributed by atoms with Gasteiger partial charge in [-0.15, -0.1) is 0 Å². The number of anilines is 1. The van der Waals surface area contributed by atoms with E-state index in [2.05, 4.69) is 25.0 Å². The molecule has 0 radical (unpaired) electrons. The Morgan fingerprint density at radius 2 is 2.39 bits per heavy atom. The van der Waals surface area contributed by atoms with E-state index in [0.717, 1.165) is 6.54 Å². The van der Waals surface area contributed by atoms with E-state index >= 15 is 0 Å². The predicted octanol–water partition coefficient (Wildman–Crippen LogP) is 0.572. The number of methoxy groups -OCH3 is 1. The molecule has 0 spiro atoms. The quantitative estimate of drug-likeness (QED) is 0.778. The third-order valence-corrected chi connectivity index (χ3v) is 2.26. The Kier molecular flexibility index (Phi) is 3.85. The van der Waals surface area contributed by atoms with Crippen LogP contribution in [-0.4, -0.2) is 39.1 Å². The molecule has 0 unspecified atom stereocenters. The summed E-state index contributed by atoms with van der Waals surface area (Å²) in [6.07, 6.45) is 6.85. The minimum Gasteiger partial charge on any atom is -0.463 e. The molecular formula is C11H13N5O2. The van der Waals surface area contributed by atoms with Crippen LogP contribution >= 0.6 is 0 Å². The Bertz CT molecular complexity index is 512. The summed E-state index contributed by atoms with van der Waals surface area (Å²) in [5.74, 6) is 0.0869. The van der Waals surface area contributed by atoms with Crippen LogP contribution < -0.4 is 5.32 Å². The van der Waals surface area contributed by atoms with E-state index in [1.807, 2.05) is 10.8 Å². The standard InChI is InChI=1S/C11H13N5O2/c1-18-11(17)10-14-3-2-9(15-10)13-5-7-16-6-4-12-8-16/h2-4,6,8H,5,7H2,1H3,(H,13,14,15). The number of hydrogen-bond donors (Lipinski definition) is 1. The Hall–Kier alpha value is -2.44.